The van der Waals surface area contributed by atoms with Crippen molar-refractivity contribution in [3.05, 3.63) is 53.9 Å². The Morgan fingerprint density at radius 1 is 1.17 bits per heavy atom. The maximum atomic E-state index is 12.3. The van der Waals surface area contributed by atoms with E-state index >= 15 is 0 Å². The van der Waals surface area contributed by atoms with Crippen LogP contribution in [-0.2, 0) is 4.74 Å². The summed E-state index contributed by atoms with van der Waals surface area (Å²) in [5.41, 5.74) is 0.270. The molecule has 23 heavy (non-hydrogen) atoms. The number of pyridine rings is 1. The van der Waals surface area contributed by atoms with Gasteiger partial charge in [0, 0.05) is 6.20 Å². The number of halogens is 2. The Balaban J connectivity index is 2.15. The van der Waals surface area contributed by atoms with E-state index in [1.54, 1.807) is 6.07 Å². The normalized spacial score (nSPS) is 10.3. The number of hydrogen-bond donors (Lipinski definition) is 1. The molecular weight excluding hydrogens is 310 g/mol. The van der Waals surface area contributed by atoms with Crippen LogP contribution in [0.15, 0.2) is 42.6 Å². The number of para-hydroxylation sites is 2. The number of amides is 1. The molecule has 2 rings (SSSR count). The van der Waals surface area contributed by atoms with E-state index in [4.69, 9.17) is 0 Å². The Morgan fingerprint density at radius 3 is 2.52 bits per heavy atom. The van der Waals surface area contributed by atoms with Crippen LogP contribution in [0.2, 0.25) is 0 Å². The summed E-state index contributed by atoms with van der Waals surface area (Å²) in [5, 5.41) is 2.42. The van der Waals surface area contributed by atoms with Gasteiger partial charge in [0.1, 0.15) is 11.4 Å². The molecule has 1 N–H and O–H groups in total. The van der Waals surface area contributed by atoms with Gasteiger partial charge in [0.15, 0.2) is 0 Å². The number of alkyl halides is 2. The van der Waals surface area contributed by atoms with Gasteiger partial charge in [0.05, 0.1) is 18.4 Å². The second-order valence-electron chi connectivity index (χ2n) is 4.25. The number of carbonyl (C=O) groups excluding carboxylic acids is 2. The highest BCUT2D eigenvalue weighted by Gasteiger charge is 2.14. The molecule has 0 fully saturated rings. The Morgan fingerprint density at radius 2 is 1.91 bits per heavy atom. The minimum absolute atomic E-state index is 0.00417. The summed E-state index contributed by atoms with van der Waals surface area (Å²) in [6.07, 6.45) is 1.18. The van der Waals surface area contributed by atoms with E-state index in [1.165, 1.54) is 43.6 Å². The minimum Gasteiger partial charge on any atom is -0.465 e. The molecule has 8 heteroatoms. The van der Waals surface area contributed by atoms with E-state index in [1.807, 2.05) is 0 Å². The number of nitrogens with one attached hydrogen (secondary N) is 1. The smallest absolute Gasteiger partial charge is 0.387 e. The van der Waals surface area contributed by atoms with Crippen molar-refractivity contribution in [1.29, 1.82) is 0 Å². The Hall–Kier alpha value is -3.03. The highest BCUT2D eigenvalue weighted by Crippen LogP contribution is 2.25. The fourth-order valence-corrected chi connectivity index (χ4v) is 1.72. The number of anilines is 1. The molecule has 0 unspecified atom stereocenters. The number of esters is 1. The van der Waals surface area contributed by atoms with Crippen molar-refractivity contribution in [2.45, 2.75) is 6.61 Å². The summed E-state index contributed by atoms with van der Waals surface area (Å²) < 4.78 is 33.5. The lowest BCUT2D eigenvalue weighted by molar-refractivity contribution is -0.0493. The fraction of sp³-hybridized carbons (Fsp3) is 0.133. The summed E-state index contributed by atoms with van der Waals surface area (Å²) in [5.74, 6) is -1.38. The third-order valence-corrected chi connectivity index (χ3v) is 2.77. The van der Waals surface area contributed by atoms with Crippen LogP contribution in [0.5, 0.6) is 5.75 Å². The van der Waals surface area contributed by atoms with E-state index < -0.39 is 18.5 Å². The van der Waals surface area contributed by atoms with Gasteiger partial charge in [0.2, 0.25) is 0 Å². The van der Waals surface area contributed by atoms with Crippen molar-refractivity contribution in [2.75, 3.05) is 12.4 Å². The maximum Gasteiger partial charge on any atom is 0.387 e. The third kappa shape index (κ3) is 4.22. The number of aromatic nitrogens is 1. The number of rotatable bonds is 5. The third-order valence-electron chi connectivity index (χ3n) is 2.77. The van der Waals surface area contributed by atoms with Crippen LogP contribution >= 0.6 is 0 Å². The monoisotopic (exact) mass is 322 g/mol. The number of ether oxygens (including phenoxy) is 2. The lowest BCUT2D eigenvalue weighted by Crippen LogP contribution is -2.15. The van der Waals surface area contributed by atoms with Crippen molar-refractivity contribution < 1.29 is 27.8 Å². The number of nitrogens with zero attached hydrogens (tertiary/aromatic N) is 1. The van der Waals surface area contributed by atoms with Crippen LogP contribution in [0, 0.1) is 0 Å². The molecule has 6 nitrogen and oxygen atoms in total. The lowest BCUT2D eigenvalue weighted by atomic mass is 10.2. The Bertz CT molecular complexity index is 705. The quantitative estimate of drug-likeness (QED) is 0.857. The largest absolute Gasteiger partial charge is 0.465 e. The van der Waals surface area contributed by atoms with Crippen molar-refractivity contribution in [2.24, 2.45) is 0 Å². The topological polar surface area (TPSA) is 77.5 Å². The summed E-state index contributed by atoms with van der Waals surface area (Å²) >= 11 is 0. The molecule has 0 aliphatic rings. The van der Waals surface area contributed by atoms with Crippen LogP contribution in [0.3, 0.4) is 0 Å². The van der Waals surface area contributed by atoms with Crippen LogP contribution < -0.4 is 10.1 Å². The number of methoxy groups -OCH3 is 1. The first-order valence-corrected chi connectivity index (χ1v) is 6.41. The zero-order valence-electron chi connectivity index (χ0n) is 12.0. The number of hydrogen-bond acceptors (Lipinski definition) is 5. The predicted molar refractivity (Wildman–Crippen MR) is 76.6 cm³/mol. The molecule has 1 amide bonds. The van der Waals surface area contributed by atoms with Crippen molar-refractivity contribution in [3.8, 4) is 5.75 Å². The summed E-state index contributed by atoms with van der Waals surface area (Å²) in [6.45, 7) is -3.01. The van der Waals surface area contributed by atoms with Crippen LogP contribution in [0.1, 0.15) is 20.8 Å². The molecule has 0 spiro atoms. The molecule has 0 atom stereocenters. The minimum atomic E-state index is -3.01. The van der Waals surface area contributed by atoms with Gasteiger partial charge in [-0.1, -0.05) is 12.1 Å². The second-order valence-corrected chi connectivity index (χ2v) is 4.25. The van der Waals surface area contributed by atoms with Gasteiger partial charge in [-0.3, -0.25) is 9.78 Å². The van der Waals surface area contributed by atoms with E-state index in [0.717, 1.165) is 0 Å². The summed E-state index contributed by atoms with van der Waals surface area (Å²) in [6, 6.07) is 8.46. The average molecular weight is 322 g/mol. The van der Waals surface area contributed by atoms with Gasteiger partial charge in [0.25, 0.3) is 5.91 Å². The first kappa shape index (κ1) is 16.3. The van der Waals surface area contributed by atoms with Crippen molar-refractivity contribution in [1.82, 2.24) is 4.98 Å². The SMILES string of the molecule is COC(=O)c1ccc(C(=O)Nc2ccccc2OC(F)F)nc1. The predicted octanol–water partition coefficient (Wildman–Crippen LogP) is 2.72. The molecule has 120 valence electrons. The highest BCUT2D eigenvalue weighted by atomic mass is 19.3. The molecule has 0 saturated heterocycles. The Labute approximate surface area is 130 Å². The molecule has 1 heterocycles. The summed E-state index contributed by atoms with van der Waals surface area (Å²) in [7, 11) is 1.23. The van der Waals surface area contributed by atoms with E-state index in [0.29, 0.717) is 0 Å². The zero-order chi connectivity index (χ0) is 16.8. The highest BCUT2D eigenvalue weighted by molar-refractivity contribution is 6.04. The van der Waals surface area contributed by atoms with E-state index in [9.17, 15) is 18.4 Å². The van der Waals surface area contributed by atoms with Gasteiger partial charge in [-0.15, -0.1) is 0 Å². The van der Waals surface area contributed by atoms with Gasteiger partial charge in [-0.2, -0.15) is 8.78 Å². The molecule has 0 bridgehead atoms. The molecule has 1 aromatic carbocycles. The standard InChI is InChI=1S/C15H12F2N2O4/c1-22-14(21)9-6-7-11(18-8-9)13(20)19-10-4-2-3-5-12(10)23-15(16)17/h2-8,15H,1H3,(H,19,20). The number of carbonyl (C=O) groups is 2. The van der Waals surface area contributed by atoms with Crippen molar-refractivity contribution >= 4 is 17.6 Å². The van der Waals surface area contributed by atoms with Gasteiger partial charge >= 0.3 is 12.6 Å². The average Bonchev–Trinajstić information content (AvgIpc) is 2.55. The van der Waals surface area contributed by atoms with E-state index in [-0.39, 0.29) is 22.7 Å². The summed E-state index contributed by atoms with van der Waals surface area (Å²) in [4.78, 5) is 27.2. The molecule has 1 aromatic heterocycles. The maximum absolute atomic E-state index is 12.3. The first-order valence-electron chi connectivity index (χ1n) is 6.41. The van der Waals surface area contributed by atoms with Crippen LogP contribution in [-0.4, -0.2) is 30.6 Å². The molecular formula is C15H12F2N2O4. The molecule has 0 aliphatic heterocycles. The molecule has 0 radical (unpaired) electrons. The number of benzene rings is 1. The molecule has 0 aliphatic carbocycles. The molecule has 0 saturated carbocycles. The molecule has 2 aromatic rings. The van der Waals surface area contributed by atoms with Gasteiger partial charge < -0.3 is 14.8 Å². The second kappa shape index (κ2) is 7.30. The van der Waals surface area contributed by atoms with Crippen molar-refractivity contribution in [3.63, 3.8) is 0 Å². The van der Waals surface area contributed by atoms with Crippen LogP contribution in [0.4, 0.5) is 14.5 Å². The zero-order valence-corrected chi connectivity index (χ0v) is 12.0. The fourth-order valence-electron chi connectivity index (χ4n) is 1.72. The lowest BCUT2D eigenvalue weighted by Gasteiger charge is -2.11. The van der Waals surface area contributed by atoms with Crippen LogP contribution in [0.25, 0.3) is 0 Å². The first-order chi connectivity index (χ1) is 11.0. The van der Waals surface area contributed by atoms with E-state index in [2.05, 4.69) is 19.8 Å². The van der Waals surface area contributed by atoms with Gasteiger partial charge in [-0.25, -0.2) is 4.79 Å². The van der Waals surface area contributed by atoms with Gasteiger partial charge in [-0.05, 0) is 24.3 Å². The Kier molecular flexibility index (Phi) is 5.19.